The molecule has 0 bridgehead atoms. The van der Waals surface area contributed by atoms with Crippen molar-refractivity contribution in [3.63, 3.8) is 0 Å². The average Bonchev–Trinajstić information content (AvgIpc) is 3.60. The normalized spacial score (nSPS) is 14.2. The van der Waals surface area contributed by atoms with Crippen molar-refractivity contribution in [3.05, 3.63) is 83.2 Å². The van der Waals surface area contributed by atoms with Crippen molar-refractivity contribution in [2.24, 2.45) is 0 Å². The number of halogens is 4. The van der Waals surface area contributed by atoms with E-state index in [1.54, 1.807) is 19.1 Å². The lowest BCUT2D eigenvalue weighted by atomic mass is 10.1. The minimum atomic E-state index is -4.73. The van der Waals surface area contributed by atoms with Crippen molar-refractivity contribution in [2.75, 3.05) is 5.32 Å². The molecule has 11 heteroatoms. The Bertz CT molecular complexity index is 1240. The Hall–Kier alpha value is -4.02. The van der Waals surface area contributed by atoms with Crippen molar-refractivity contribution in [1.82, 2.24) is 20.6 Å². The van der Waals surface area contributed by atoms with Gasteiger partial charge in [0.05, 0.1) is 40.9 Å². The van der Waals surface area contributed by atoms with E-state index in [9.17, 15) is 27.2 Å². The molecule has 35 heavy (non-hydrogen) atoms. The number of carbonyl (C=O) groups excluding carboxylic acids is 2. The van der Waals surface area contributed by atoms with E-state index in [4.69, 9.17) is 0 Å². The molecule has 3 aromatic rings. The minimum Gasteiger partial charge on any atom is -0.354 e. The van der Waals surface area contributed by atoms with Gasteiger partial charge < -0.3 is 16.0 Å². The van der Waals surface area contributed by atoms with Gasteiger partial charge in [0.2, 0.25) is 5.91 Å². The fourth-order valence-corrected chi connectivity index (χ4v) is 3.38. The second-order valence-electron chi connectivity index (χ2n) is 8.26. The van der Waals surface area contributed by atoms with Crippen molar-refractivity contribution >= 4 is 23.2 Å². The predicted molar refractivity (Wildman–Crippen MR) is 119 cm³/mol. The van der Waals surface area contributed by atoms with Crippen LogP contribution in [0, 0.1) is 12.7 Å². The molecule has 3 N–H and O–H groups in total. The lowest BCUT2D eigenvalue weighted by molar-refractivity contribution is -0.137. The number of alkyl halides is 3. The Morgan fingerprint density at radius 3 is 2.40 bits per heavy atom. The first-order chi connectivity index (χ1) is 16.6. The van der Waals surface area contributed by atoms with Crippen molar-refractivity contribution in [2.45, 2.75) is 38.0 Å². The van der Waals surface area contributed by atoms with Crippen LogP contribution in [0.1, 0.15) is 40.2 Å². The zero-order valence-corrected chi connectivity index (χ0v) is 18.5. The van der Waals surface area contributed by atoms with Crippen LogP contribution >= 0.6 is 0 Å². The standard InChI is InChI=1S/C24H21F4N5O2/c1-14-2-3-15(11-29-14)21(34)33-23(8-9-23)22(35)31-12-17-5-6-18(13-30-17)32-20-7-4-16(25)10-19(20)24(26,27)28/h2-7,10-11,13,32H,8-9,12H2,1H3,(H,31,35)(H,33,34). The highest BCUT2D eigenvalue weighted by molar-refractivity contribution is 6.00. The summed E-state index contributed by atoms with van der Waals surface area (Å²) in [6, 6.07) is 8.72. The van der Waals surface area contributed by atoms with Gasteiger partial charge in [-0.2, -0.15) is 13.2 Å². The molecular weight excluding hydrogens is 466 g/mol. The number of nitrogens with one attached hydrogen (secondary N) is 3. The monoisotopic (exact) mass is 487 g/mol. The fourth-order valence-electron chi connectivity index (χ4n) is 3.38. The summed E-state index contributed by atoms with van der Waals surface area (Å²) in [5.41, 5.74) is -0.579. The van der Waals surface area contributed by atoms with E-state index in [2.05, 4.69) is 25.9 Å². The van der Waals surface area contributed by atoms with E-state index in [-0.39, 0.29) is 23.8 Å². The third-order valence-corrected chi connectivity index (χ3v) is 5.53. The molecule has 182 valence electrons. The number of hydrogen-bond acceptors (Lipinski definition) is 5. The SMILES string of the molecule is Cc1ccc(C(=O)NC2(C(=O)NCc3ccc(Nc4ccc(F)cc4C(F)(F)F)cn3)CC2)cn1. The van der Waals surface area contributed by atoms with Gasteiger partial charge in [0.1, 0.15) is 11.4 Å². The van der Waals surface area contributed by atoms with E-state index in [1.165, 1.54) is 24.5 Å². The highest BCUT2D eigenvalue weighted by Gasteiger charge is 2.51. The maximum absolute atomic E-state index is 13.3. The van der Waals surface area contributed by atoms with Crippen molar-refractivity contribution < 1.29 is 27.2 Å². The predicted octanol–water partition coefficient (Wildman–Crippen LogP) is 4.27. The molecule has 1 saturated carbocycles. The van der Waals surface area contributed by atoms with Gasteiger partial charge in [-0.3, -0.25) is 19.6 Å². The molecule has 0 radical (unpaired) electrons. The molecule has 1 aliphatic rings. The molecule has 1 fully saturated rings. The Morgan fingerprint density at radius 1 is 1.03 bits per heavy atom. The number of nitrogens with zero attached hydrogens (tertiary/aromatic N) is 2. The second-order valence-corrected chi connectivity index (χ2v) is 8.26. The number of benzene rings is 1. The van der Waals surface area contributed by atoms with Crippen molar-refractivity contribution in [1.29, 1.82) is 0 Å². The van der Waals surface area contributed by atoms with Crippen LogP contribution in [0.2, 0.25) is 0 Å². The third kappa shape index (κ3) is 5.73. The first-order valence-corrected chi connectivity index (χ1v) is 10.7. The van der Waals surface area contributed by atoms with E-state index in [1.807, 2.05) is 0 Å². The summed E-state index contributed by atoms with van der Waals surface area (Å²) >= 11 is 0. The average molecular weight is 487 g/mol. The molecule has 2 heterocycles. The number of rotatable bonds is 7. The number of aromatic nitrogens is 2. The number of anilines is 2. The summed E-state index contributed by atoms with van der Waals surface area (Å²) in [5, 5.41) is 8.07. The summed E-state index contributed by atoms with van der Waals surface area (Å²) in [6.45, 7) is 1.86. The number of carbonyl (C=O) groups is 2. The first kappa shape index (κ1) is 24.1. The van der Waals surface area contributed by atoms with Crippen molar-refractivity contribution in [3.8, 4) is 0 Å². The molecule has 0 unspecified atom stereocenters. The van der Waals surface area contributed by atoms with Crippen LogP contribution in [0.3, 0.4) is 0 Å². The Kier molecular flexibility index (Phi) is 6.42. The molecular formula is C24H21F4N5O2. The summed E-state index contributed by atoms with van der Waals surface area (Å²) in [7, 11) is 0. The number of pyridine rings is 2. The van der Waals surface area contributed by atoms with E-state index >= 15 is 0 Å². The maximum Gasteiger partial charge on any atom is 0.418 e. The van der Waals surface area contributed by atoms with E-state index in [0.29, 0.717) is 30.2 Å². The van der Waals surface area contributed by atoms with Gasteiger partial charge in [0, 0.05) is 11.9 Å². The van der Waals surface area contributed by atoms with Gasteiger partial charge in [-0.1, -0.05) is 0 Å². The quantitative estimate of drug-likeness (QED) is 0.433. The molecule has 2 amide bonds. The molecule has 1 aliphatic carbocycles. The molecule has 2 aromatic heterocycles. The smallest absolute Gasteiger partial charge is 0.354 e. The zero-order chi connectivity index (χ0) is 25.2. The van der Waals surface area contributed by atoms with E-state index in [0.717, 1.165) is 17.8 Å². The van der Waals surface area contributed by atoms with Crippen LogP contribution in [0.5, 0.6) is 0 Å². The van der Waals surface area contributed by atoms with Crippen LogP contribution in [-0.4, -0.2) is 27.3 Å². The molecule has 0 atom stereocenters. The zero-order valence-electron chi connectivity index (χ0n) is 18.5. The first-order valence-electron chi connectivity index (χ1n) is 10.7. The summed E-state index contributed by atoms with van der Waals surface area (Å²) < 4.78 is 52.8. The van der Waals surface area contributed by atoms with Gasteiger partial charge in [-0.25, -0.2) is 4.39 Å². The van der Waals surface area contributed by atoms with Crippen LogP contribution in [0.25, 0.3) is 0 Å². The molecule has 0 saturated heterocycles. The number of amides is 2. The third-order valence-electron chi connectivity index (χ3n) is 5.53. The Balaban J connectivity index is 1.34. The second kappa shape index (κ2) is 9.32. The van der Waals surface area contributed by atoms with Gasteiger partial charge in [0.15, 0.2) is 0 Å². The van der Waals surface area contributed by atoms with Gasteiger partial charge in [-0.15, -0.1) is 0 Å². The number of aryl methyl sites for hydroxylation is 1. The van der Waals surface area contributed by atoms with Gasteiger partial charge in [0.25, 0.3) is 5.91 Å². The summed E-state index contributed by atoms with van der Waals surface area (Å²) in [6.07, 6.45) is -0.975. The lowest BCUT2D eigenvalue weighted by Gasteiger charge is -2.17. The van der Waals surface area contributed by atoms with Crippen LogP contribution < -0.4 is 16.0 Å². The summed E-state index contributed by atoms with van der Waals surface area (Å²) in [4.78, 5) is 33.3. The molecule has 1 aromatic carbocycles. The van der Waals surface area contributed by atoms with E-state index < -0.39 is 29.0 Å². The lowest BCUT2D eigenvalue weighted by Crippen LogP contribution is -2.48. The highest BCUT2D eigenvalue weighted by Crippen LogP contribution is 2.37. The molecule has 4 rings (SSSR count). The molecule has 0 aliphatic heterocycles. The van der Waals surface area contributed by atoms with Gasteiger partial charge in [-0.05, 0) is 62.2 Å². The number of hydrogen-bond donors (Lipinski definition) is 3. The maximum atomic E-state index is 13.3. The molecule has 7 nitrogen and oxygen atoms in total. The fraction of sp³-hybridized carbons (Fsp3) is 0.250. The Labute approximate surface area is 198 Å². The van der Waals surface area contributed by atoms with Gasteiger partial charge >= 0.3 is 6.18 Å². The minimum absolute atomic E-state index is 0.0627. The molecule has 0 spiro atoms. The largest absolute Gasteiger partial charge is 0.418 e. The van der Waals surface area contributed by atoms with Crippen LogP contribution in [-0.2, 0) is 17.5 Å². The van der Waals surface area contributed by atoms with Crippen LogP contribution in [0.15, 0.2) is 54.9 Å². The highest BCUT2D eigenvalue weighted by atomic mass is 19.4. The topological polar surface area (TPSA) is 96.0 Å². The summed E-state index contributed by atoms with van der Waals surface area (Å²) in [5.74, 6) is -1.74. The Morgan fingerprint density at radius 2 is 1.80 bits per heavy atom. The van der Waals surface area contributed by atoms with Crippen LogP contribution in [0.4, 0.5) is 28.9 Å².